The van der Waals surface area contributed by atoms with Crippen molar-refractivity contribution < 1.29 is 4.79 Å². The van der Waals surface area contributed by atoms with Gasteiger partial charge in [0.05, 0.1) is 5.92 Å². The molecule has 1 atom stereocenters. The second-order valence-electron chi connectivity index (χ2n) is 8.54. The maximum atomic E-state index is 12.7. The van der Waals surface area contributed by atoms with Gasteiger partial charge in [-0.3, -0.25) is 9.69 Å². The molecule has 2 aromatic rings. The van der Waals surface area contributed by atoms with Gasteiger partial charge in [-0.25, -0.2) is 9.97 Å². The van der Waals surface area contributed by atoms with E-state index in [0.717, 1.165) is 76.5 Å². The monoisotopic (exact) mass is 407 g/mol. The fourth-order valence-electron chi connectivity index (χ4n) is 4.75. The summed E-state index contributed by atoms with van der Waals surface area (Å²) in [5, 5.41) is 3.17. The van der Waals surface area contributed by atoms with E-state index in [1.165, 1.54) is 5.56 Å². The van der Waals surface area contributed by atoms with Gasteiger partial charge >= 0.3 is 0 Å². The Morgan fingerprint density at radius 3 is 2.67 bits per heavy atom. The third-order valence-electron chi connectivity index (χ3n) is 6.45. The average molecular weight is 408 g/mol. The van der Waals surface area contributed by atoms with Gasteiger partial charge in [-0.1, -0.05) is 30.3 Å². The van der Waals surface area contributed by atoms with E-state index in [9.17, 15) is 4.79 Å². The van der Waals surface area contributed by atoms with Gasteiger partial charge in [-0.2, -0.15) is 0 Å². The SMILES string of the molecule is Cc1nccc(N2CCC(N3CCC[C@H](C(=O)NCCc4ccccc4)C3)CC2)n1. The van der Waals surface area contributed by atoms with E-state index in [0.29, 0.717) is 6.04 Å². The fraction of sp³-hybridized carbons (Fsp3) is 0.542. The molecule has 3 heterocycles. The molecular weight excluding hydrogens is 374 g/mol. The molecule has 2 saturated heterocycles. The number of benzene rings is 1. The van der Waals surface area contributed by atoms with Crippen molar-refractivity contribution in [3.8, 4) is 0 Å². The van der Waals surface area contributed by atoms with Crippen LogP contribution in [0.25, 0.3) is 0 Å². The number of carbonyl (C=O) groups excluding carboxylic acids is 1. The maximum Gasteiger partial charge on any atom is 0.224 e. The Hall–Kier alpha value is -2.47. The Morgan fingerprint density at radius 1 is 1.10 bits per heavy atom. The van der Waals surface area contributed by atoms with E-state index < -0.39 is 0 Å². The predicted octanol–water partition coefficient (Wildman–Crippen LogP) is 2.82. The Morgan fingerprint density at radius 2 is 1.90 bits per heavy atom. The third kappa shape index (κ3) is 5.36. The molecule has 0 bridgehead atoms. The Bertz CT molecular complexity index is 819. The molecule has 0 spiro atoms. The standard InChI is InChI=1S/C24H33N5O/c1-19-25-14-10-23(27-19)28-16-11-22(12-17-28)29-15-5-8-21(18-29)24(30)26-13-9-20-6-3-2-4-7-20/h2-4,6-7,10,14,21-22H,5,8-9,11-13,15-18H2,1H3,(H,26,30)/t21-/m0/s1. The number of anilines is 1. The third-order valence-corrected chi connectivity index (χ3v) is 6.45. The summed E-state index contributed by atoms with van der Waals surface area (Å²) in [5.74, 6) is 2.21. The van der Waals surface area contributed by atoms with E-state index in [2.05, 4.69) is 37.2 Å². The molecule has 6 heteroatoms. The van der Waals surface area contributed by atoms with Crippen molar-refractivity contribution in [1.82, 2.24) is 20.2 Å². The second kappa shape index (κ2) is 10.0. The van der Waals surface area contributed by atoms with Crippen molar-refractivity contribution in [2.75, 3.05) is 37.6 Å². The van der Waals surface area contributed by atoms with Crippen LogP contribution in [0.1, 0.15) is 37.1 Å². The van der Waals surface area contributed by atoms with Crippen molar-refractivity contribution in [1.29, 1.82) is 0 Å². The number of likely N-dealkylation sites (tertiary alicyclic amines) is 1. The lowest BCUT2D eigenvalue weighted by Crippen LogP contribution is -2.51. The normalized spacial score (nSPS) is 20.8. The zero-order valence-corrected chi connectivity index (χ0v) is 18.0. The first-order chi connectivity index (χ1) is 14.7. The lowest BCUT2D eigenvalue weighted by atomic mass is 9.93. The molecule has 6 nitrogen and oxygen atoms in total. The van der Waals surface area contributed by atoms with Crippen LogP contribution in [0.2, 0.25) is 0 Å². The molecule has 30 heavy (non-hydrogen) atoms. The quantitative estimate of drug-likeness (QED) is 0.798. The molecular formula is C24H33N5O. The highest BCUT2D eigenvalue weighted by Crippen LogP contribution is 2.25. The number of nitrogens with zero attached hydrogens (tertiary/aromatic N) is 4. The number of hydrogen-bond acceptors (Lipinski definition) is 5. The number of piperidine rings is 2. The fourth-order valence-corrected chi connectivity index (χ4v) is 4.75. The Labute approximate surface area is 179 Å². The summed E-state index contributed by atoms with van der Waals surface area (Å²) in [6.07, 6.45) is 7.12. The van der Waals surface area contributed by atoms with Gasteiger partial charge in [0.15, 0.2) is 0 Å². The number of nitrogens with one attached hydrogen (secondary N) is 1. The minimum Gasteiger partial charge on any atom is -0.356 e. The predicted molar refractivity (Wildman–Crippen MR) is 119 cm³/mol. The van der Waals surface area contributed by atoms with Gasteiger partial charge in [0, 0.05) is 38.4 Å². The number of aryl methyl sites for hydroxylation is 1. The van der Waals surface area contributed by atoms with Crippen LogP contribution in [-0.2, 0) is 11.2 Å². The topological polar surface area (TPSA) is 61.4 Å². The molecule has 0 unspecified atom stereocenters. The number of aromatic nitrogens is 2. The zero-order chi connectivity index (χ0) is 20.8. The van der Waals surface area contributed by atoms with Crippen LogP contribution in [0.4, 0.5) is 5.82 Å². The van der Waals surface area contributed by atoms with Crippen LogP contribution in [-0.4, -0.2) is 59.5 Å². The van der Waals surface area contributed by atoms with Gasteiger partial charge in [-0.05, 0) is 57.2 Å². The van der Waals surface area contributed by atoms with Gasteiger partial charge in [0.25, 0.3) is 0 Å². The highest BCUT2D eigenvalue weighted by atomic mass is 16.1. The van der Waals surface area contributed by atoms with E-state index in [-0.39, 0.29) is 11.8 Å². The van der Waals surface area contributed by atoms with Crippen LogP contribution < -0.4 is 10.2 Å². The van der Waals surface area contributed by atoms with Crippen LogP contribution in [0.5, 0.6) is 0 Å². The molecule has 160 valence electrons. The van der Waals surface area contributed by atoms with Crippen LogP contribution in [0.3, 0.4) is 0 Å². The summed E-state index contributed by atoms with van der Waals surface area (Å²) in [6, 6.07) is 12.9. The van der Waals surface area contributed by atoms with Crippen LogP contribution in [0, 0.1) is 12.8 Å². The van der Waals surface area contributed by atoms with Gasteiger partial charge in [-0.15, -0.1) is 0 Å². The van der Waals surface area contributed by atoms with Gasteiger partial charge < -0.3 is 10.2 Å². The molecule has 1 aromatic heterocycles. The smallest absolute Gasteiger partial charge is 0.224 e. The summed E-state index contributed by atoms with van der Waals surface area (Å²) in [5.41, 5.74) is 1.27. The molecule has 2 aliphatic heterocycles. The first kappa shape index (κ1) is 20.8. The molecule has 1 amide bonds. The largest absolute Gasteiger partial charge is 0.356 e. The van der Waals surface area contributed by atoms with Gasteiger partial charge in [0.2, 0.25) is 5.91 Å². The molecule has 4 rings (SSSR count). The summed E-state index contributed by atoms with van der Waals surface area (Å²) >= 11 is 0. The summed E-state index contributed by atoms with van der Waals surface area (Å²) in [7, 11) is 0. The van der Waals surface area contributed by atoms with Crippen molar-refractivity contribution in [3.63, 3.8) is 0 Å². The number of rotatable bonds is 6. The van der Waals surface area contributed by atoms with E-state index in [4.69, 9.17) is 0 Å². The zero-order valence-electron chi connectivity index (χ0n) is 18.0. The summed E-state index contributed by atoms with van der Waals surface area (Å²) in [4.78, 5) is 26.4. The first-order valence-corrected chi connectivity index (χ1v) is 11.3. The van der Waals surface area contributed by atoms with Gasteiger partial charge in [0.1, 0.15) is 11.6 Å². The molecule has 0 radical (unpaired) electrons. The number of amides is 1. The lowest BCUT2D eigenvalue weighted by molar-refractivity contribution is -0.127. The average Bonchev–Trinajstić information content (AvgIpc) is 2.80. The summed E-state index contributed by atoms with van der Waals surface area (Å²) in [6.45, 7) is 6.71. The minimum atomic E-state index is 0.122. The van der Waals surface area contributed by atoms with Crippen molar-refractivity contribution >= 4 is 11.7 Å². The van der Waals surface area contributed by atoms with E-state index in [1.54, 1.807) is 0 Å². The molecule has 2 aliphatic rings. The maximum absolute atomic E-state index is 12.7. The van der Waals surface area contributed by atoms with Crippen molar-refractivity contribution in [2.24, 2.45) is 5.92 Å². The van der Waals surface area contributed by atoms with Crippen molar-refractivity contribution in [2.45, 2.75) is 45.1 Å². The first-order valence-electron chi connectivity index (χ1n) is 11.3. The Kier molecular flexibility index (Phi) is 6.95. The van der Waals surface area contributed by atoms with Crippen LogP contribution in [0.15, 0.2) is 42.6 Å². The molecule has 1 N–H and O–H groups in total. The number of carbonyl (C=O) groups is 1. The van der Waals surface area contributed by atoms with E-state index in [1.807, 2.05) is 37.4 Å². The number of hydrogen-bond donors (Lipinski definition) is 1. The highest BCUT2D eigenvalue weighted by molar-refractivity contribution is 5.79. The molecule has 0 saturated carbocycles. The molecule has 0 aliphatic carbocycles. The summed E-state index contributed by atoms with van der Waals surface area (Å²) < 4.78 is 0. The lowest BCUT2D eigenvalue weighted by Gasteiger charge is -2.42. The van der Waals surface area contributed by atoms with Crippen LogP contribution >= 0.6 is 0 Å². The second-order valence-corrected chi connectivity index (χ2v) is 8.54. The Balaban J connectivity index is 1.23. The highest BCUT2D eigenvalue weighted by Gasteiger charge is 2.31. The van der Waals surface area contributed by atoms with Crippen molar-refractivity contribution in [3.05, 3.63) is 54.0 Å². The van der Waals surface area contributed by atoms with E-state index >= 15 is 0 Å². The molecule has 1 aromatic carbocycles. The molecule has 2 fully saturated rings. The minimum absolute atomic E-state index is 0.122.